The van der Waals surface area contributed by atoms with Crippen molar-refractivity contribution < 1.29 is 18.4 Å². The Labute approximate surface area is 133 Å². The third-order valence-corrected chi connectivity index (χ3v) is 3.32. The van der Waals surface area contributed by atoms with Crippen LogP contribution in [0.1, 0.15) is 30.7 Å². The van der Waals surface area contributed by atoms with E-state index in [2.05, 4.69) is 10.1 Å². The highest BCUT2D eigenvalue weighted by atomic mass is 35.5. The van der Waals surface area contributed by atoms with Gasteiger partial charge in [-0.3, -0.25) is 0 Å². The molecule has 1 aromatic heterocycles. The fraction of sp³-hybridized carbons (Fsp3) is 0.429. The maximum atomic E-state index is 13.4. The monoisotopic (exact) mass is 329 g/mol. The van der Waals surface area contributed by atoms with Crippen LogP contribution >= 0.6 is 12.4 Å². The first-order chi connectivity index (χ1) is 10.3. The summed E-state index contributed by atoms with van der Waals surface area (Å²) >= 11 is 0. The van der Waals surface area contributed by atoms with Gasteiger partial charge in [0.1, 0.15) is 6.10 Å². The van der Waals surface area contributed by atoms with Crippen LogP contribution in [-0.2, 0) is 11.3 Å². The van der Waals surface area contributed by atoms with Crippen LogP contribution in [0.15, 0.2) is 28.8 Å². The fourth-order valence-corrected chi connectivity index (χ4v) is 2.22. The first-order valence-corrected chi connectivity index (χ1v) is 6.81. The third kappa shape index (κ3) is 3.73. The number of hydrogen-bond acceptors (Lipinski definition) is 6. The lowest BCUT2D eigenvalue weighted by atomic mass is 10.2. The highest BCUT2D eigenvalue weighted by Crippen LogP contribution is 2.31. The third-order valence-electron chi connectivity index (χ3n) is 3.32. The van der Waals surface area contributed by atoms with Crippen molar-refractivity contribution in [3.8, 4) is 5.75 Å². The molecule has 0 unspecified atom stereocenters. The second kappa shape index (κ2) is 7.53. The summed E-state index contributed by atoms with van der Waals surface area (Å²) < 4.78 is 29.6. The summed E-state index contributed by atoms with van der Waals surface area (Å²) in [4.78, 5) is 4.21. The Hall–Kier alpha value is -1.70. The van der Waals surface area contributed by atoms with Gasteiger partial charge in [-0.05, 0) is 25.0 Å². The average molecular weight is 330 g/mol. The normalized spacial score (nSPS) is 20.6. The van der Waals surface area contributed by atoms with Crippen LogP contribution in [0.5, 0.6) is 5.75 Å². The number of nitrogens with zero attached hydrogens (tertiary/aromatic N) is 2. The smallest absolute Gasteiger partial charge is 0.255 e. The molecule has 2 aromatic rings. The lowest BCUT2D eigenvalue weighted by molar-refractivity contribution is 0.0307. The summed E-state index contributed by atoms with van der Waals surface area (Å²) in [5.41, 5.74) is 5.56. The summed E-state index contributed by atoms with van der Waals surface area (Å²) in [6, 6.07) is 6.16. The maximum Gasteiger partial charge on any atom is 0.255 e. The van der Waals surface area contributed by atoms with Gasteiger partial charge < -0.3 is 19.7 Å². The maximum absolute atomic E-state index is 13.4. The zero-order valence-electron chi connectivity index (χ0n) is 11.8. The molecule has 0 radical (unpaired) electrons. The molecule has 3 rings (SSSR count). The van der Waals surface area contributed by atoms with Gasteiger partial charge in [-0.1, -0.05) is 17.3 Å². The fourth-order valence-electron chi connectivity index (χ4n) is 2.22. The van der Waals surface area contributed by atoms with Crippen LogP contribution in [0.25, 0.3) is 0 Å². The van der Waals surface area contributed by atoms with Gasteiger partial charge in [0.05, 0.1) is 6.10 Å². The zero-order valence-corrected chi connectivity index (χ0v) is 12.6. The van der Waals surface area contributed by atoms with Crippen molar-refractivity contribution in [3.63, 3.8) is 0 Å². The molecule has 1 saturated heterocycles. The van der Waals surface area contributed by atoms with Gasteiger partial charge in [0, 0.05) is 6.54 Å². The van der Waals surface area contributed by atoms with Crippen LogP contribution in [0, 0.1) is 5.82 Å². The molecule has 0 spiro atoms. The van der Waals surface area contributed by atoms with Crippen LogP contribution < -0.4 is 10.5 Å². The Morgan fingerprint density at radius 2 is 2.14 bits per heavy atom. The topological polar surface area (TPSA) is 83.4 Å². The average Bonchev–Trinajstić information content (AvgIpc) is 3.15. The van der Waals surface area contributed by atoms with Crippen LogP contribution in [0.4, 0.5) is 4.39 Å². The molecular formula is C14H17ClFN3O3. The van der Waals surface area contributed by atoms with E-state index in [-0.39, 0.29) is 37.0 Å². The van der Waals surface area contributed by atoms with Crippen molar-refractivity contribution >= 4 is 12.4 Å². The molecule has 1 fully saturated rings. The number of aromatic nitrogens is 2. The van der Waals surface area contributed by atoms with E-state index in [1.807, 2.05) is 0 Å². The van der Waals surface area contributed by atoms with Crippen molar-refractivity contribution in [2.75, 3.05) is 6.54 Å². The predicted octanol–water partition coefficient (Wildman–Crippen LogP) is 2.39. The minimum atomic E-state index is -0.425. The van der Waals surface area contributed by atoms with E-state index in [4.69, 9.17) is 19.7 Å². The van der Waals surface area contributed by atoms with Crippen LogP contribution in [-0.4, -0.2) is 22.8 Å². The second-order valence-corrected chi connectivity index (χ2v) is 4.83. The van der Waals surface area contributed by atoms with E-state index in [0.29, 0.717) is 18.3 Å². The molecule has 22 heavy (non-hydrogen) atoms. The van der Waals surface area contributed by atoms with E-state index < -0.39 is 5.82 Å². The number of ether oxygens (including phenoxy) is 2. The van der Waals surface area contributed by atoms with E-state index in [0.717, 1.165) is 12.8 Å². The highest BCUT2D eigenvalue weighted by Gasteiger charge is 2.29. The Morgan fingerprint density at radius 1 is 1.32 bits per heavy atom. The molecule has 6 nitrogen and oxygen atoms in total. The van der Waals surface area contributed by atoms with E-state index in [1.54, 1.807) is 18.2 Å². The van der Waals surface area contributed by atoms with Gasteiger partial charge in [-0.15, -0.1) is 12.4 Å². The standard InChI is InChI=1S/C14H16FN3O3.ClH/c15-10-3-1-2-4-11(10)19-8-13-17-14(21-18-13)12-6-5-9(7-16)20-12;/h1-4,9,12H,5-8,16H2;1H/t9-,12+;/m1./s1. The van der Waals surface area contributed by atoms with Crippen molar-refractivity contribution in [1.82, 2.24) is 10.1 Å². The summed E-state index contributed by atoms with van der Waals surface area (Å²) in [5.74, 6) is 0.501. The first kappa shape index (κ1) is 16.7. The molecule has 8 heteroatoms. The lowest BCUT2D eigenvalue weighted by Crippen LogP contribution is -2.18. The minimum absolute atomic E-state index is 0. The van der Waals surface area contributed by atoms with Crippen molar-refractivity contribution in [1.29, 1.82) is 0 Å². The van der Waals surface area contributed by atoms with E-state index in [1.165, 1.54) is 6.07 Å². The predicted molar refractivity (Wildman–Crippen MR) is 78.2 cm³/mol. The Balaban J connectivity index is 0.00000176. The van der Waals surface area contributed by atoms with Crippen molar-refractivity contribution in [2.24, 2.45) is 5.73 Å². The van der Waals surface area contributed by atoms with Gasteiger partial charge in [0.25, 0.3) is 5.89 Å². The molecule has 0 saturated carbocycles. The highest BCUT2D eigenvalue weighted by molar-refractivity contribution is 5.85. The SMILES string of the molecule is Cl.NC[C@H]1CC[C@@H](c2nc(COc3ccccc3F)no2)O1. The van der Waals surface area contributed by atoms with Gasteiger partial charge in [0.2, 0.25) is 5.82 Å². The van der Waals surface area contributed by atoms with Gasteiger partial charge >= 0.3 is 0 Å². The number of halogens is 2. The lowest BCUT2D eigenvalue weighted by Gasteiger charge is -2.07. The number of hydrogen-bond donors (Lipinski definition) is 1. The van der Waals surface area contributed by atoms with Gasteiger partial charge in [-0.2, -0.15) is 4.98 Å². The molecule has 2 N–H and O–H groups in total. The number of para-hydroxylation sites is 1. The summed E-state index contributed by atoms with van der Waals surface area (Å²) in [7, 11) is 0. The Kier molecular flexibility index (Phi) is 5.70. The molecule has 0 amide bonds. The van der Waals surface area contributed by atoms with Gasteiger partial charge in [0.15, 0.2) is 18.2 Å². The van der Waals surface area contributed by atoms with E-state index >= 15 is 0 Å². The van der Waals surface area contributed by atoms with E-state index in [9.17, 15) is 4.39 Å². The quantitative estimate of drug-likeness (QED) is 0.906. The molecule has 0 bridgehead atoms. The minimum Gasteiger partial charge on any atom is -0.482 e. The second-order valence-electron chi connectivity index (χ2n) is 4.83. The molecule has 1 aliphatic heterocycles. The molecule has 0 aliphatic carbocycles. The molecular weight excluding hydrogens is 313 g/mol. The summed E-state index contributed by atoms with van der Waals surface area (Å²) in [6.45, 7) is 0.519. The Morgan fingerprint density at radius 3 is 2.86 bits per heavy atom. The number of benzene rings is 1. The molecule has 1 aliphatic rings. The van der Waals surface area contributed by atoms with Crippen molar-refractivity contribution in [2.45, 2.75) is 31.7 Å². The molecule has 120 valence electrons. The summed E-state index contributed by atoms with van der Waals surface area (Å²) in [6.07, 6.45) is 1.51. The number of rotatable bonds is 5. The summed E-state index contributed by atoms with van der Waals surface area (Å²) in [5, 5.41) is 3.81. The molecule has 1 aromatic carbocycles. The van der Waals surface area contributed by atoms with Crippen LogP contribution in [0.2, 0.25) is 0 Å². The van der Waals surface area contributed by atoms with Crippen molar-refractivity contribution in [3.05, 3.63) is 41.8 Å². The van der Waals surface area contributed by atoms with Gasteiger partial charge in [-0.25, -0.2) is 4.39 Å². The number of nitrogens with two attached hydrogens (primary N) is 1. The zero-order chi connectivity index (χ0) is 14.7. The molecule has 2 heterocycles. The largest absolute Gasteiger partial charge is 0.482 e. The molecule has 2 atom stereocenters. The first-order valence-electron chi connectivity index (χ1n) is 6.81. The Bertz CT molecular complexity index is 611. The van der Waals surface area contributed by atoms with Crippen LogP contribution in [0.3, 0.4) is 0 Å².